The lowest BCUT2D eigenvalue weighted by Gasteiger charge is -2.03. The number of halogens is 3. The number of nitrogens with zero attached hydrogens (tertiary/aromatic N) is 1. The fraction of sp³-hybridized carbons (Fsp3) is 0.286. The number of aromatic nitrogens is 1. The normalized spacial score (nSPS) is 10.7. The smallest absolute Gasteiger partial charge is 0.336 e. The van der Waals surface area contributed by atoms with Gasteiger partial charge in [-0.25, -0.2) is 8.78 Å². The molecule has 0 aliphatic heterocycles. The van der Waals surface area contributed by atoms with Crippen molar-refractivity contribution in [1.82, 2.24) is 4.98 Å². The van der Waals surface area contributed by atoms with Crippen molar-refractivity contribution in [2.24, 2.45) is 0 Å². The lowest BCUT2D eigenvalue weighted by Crippen LogP contribution is -2.13. The summed E-state index contributed by atoms with van der Waals surface area (Å²) in [5.74, 6) is -0.411. The van der Waals surface area contributed by atoms with Crippen LogP contribution in [0.2, 0.25) is 0 Å². The monoisotopic (exact) mass is 238 g/mol. The summed E-state index contributed by atoms with van der Waals surface area (Å²) in [7, 11) is 0. The van der Waals surface area contributed by atoms with Gasteiger partial charge < -0.3 is 4.98 Å². The molecule has 0 unspecified atom stereocenters. The minimum atomic E-state index is -2.90. The molecule has 0 fully saturated rings. The van der Waals surface area contributed by atoms with Gasteiger partial charge in [0, 0.05) is 6.07 Å². The number of rotatable bonds is 3. The van der Waals surface area contributed by atoms with Crippen molar-refractivity contribution in [1.29, 1.82) is 0 Å². The van der Waals surface area contributed by atoms with E-state index in [2.05, 4.69) is 4.98 Å². The van der Waals surface area contributed by atoms with Gasteiger partial charge in [-0.15, -0.1) is 11.6 Å². The molecule has 15 heavy (non-hydrogen) atoms. The van der Waals surface area contributed by atoms with E-state index in [9.17, 15) is 23.7 Å². The van der Waals surface area contributed by atoms with E-state index >= 15 is 0 Å². The van der Waals surface area contributed by atoms with Crippen LogP contribution in [0.5, 0.6) is 0 Å². The lowest BCUT2D eigenvalue weighted by molar-refractivity contribution is -0.386. The van der Waals surface area contributed by atoms with Gasteiger partial charge in [0.2, 0.25) is 0 Å². The molecule has 1 rings (SSSR count). The second kappa shape index (κ2) is 4.35. The van der Waals surface area contributed by atoms with E-state index in [-0.39, 0.29) is 5.69 Å². The number of pyridine rings is 1. The Balaban J connectivity index is 3.44. The third-order valence-corrected chi connectivity index (χ3v) is 1.92. The van der Waals surface area contributed by atoms with Crippen molar-refractivity contribution in [2.45, 2.75) is 12.3 Å². The van der Waals surface area contributed by atoms with Crippen molar-refractivity contribution in [3.05, 3.63) is 37.8 Å². The highest BCUT2D eigenvalue weighted by Crippen LogP contribution is 2.20. The predicted molar refractivity (Wildman–Crippen MR) is 48.2 cm³/mol. The van der Waals surface area contributed by atoms with Gasteiger partial charge in [-0.05, 0) is 0 Å². The first-order valence-electron chi connectivity index (χ1n) is 3.72. The van der Waals surface area contributed by atoms with Crippen molar-refractivity contribution >= 4 is 17.3 Å². The Kier molecular flexibility index (Phi) is 3.35. The van der Waals surface area contributed by atoms with E-state index in [0.717, 1.165) is 0 Å². The number of alkyl halides is 3. The molecule has 0 atom stereocenters. The van der Waals surface area contributed by atoms with Crippen LogP contribution in [-0.2, 0) is 5.88 Å². The summed E-state index contributed by atoms with van der Waals surface area (Å²) in [5.41, 5.74) is -2.87. The molecule has 5 nitrogen and oxygen atoms in total. The van der Waals surface area contributed by atoms with Crippen LogP contribution in [-0.4, -0.2) is 9.91 Å². The maximum Gasteiger partial charge on any atom is 0.336 e. The van der Waals surface area contributed by atoms with Crippen molar-refractivity contribution < 1.29 is 13.7 Å². The molecule has 1 aromatic heterocycles. The van der Waals surface area contributed by atoms with Crippen LogP contribution in [0.25, 0.3) is 0 Å². The summed E-state index contributed by atoms with van der Waals surface area (Å²) >= 11 is 5.31. The zero-order valence-electron chi connectivity index (χ0n) is 7.17. The average Bonchev–Trinajstić information content (AvgIpc) is 2.15. The molecule has 82 valence electrons. The van der Waals surface area contributed by atoms with Crippen LogP contribution in [0.1, 0.15) is 17.8 Å². The summed E-state index contributed by atoms with van der Waals surface area (Å²) in [6.07, 6.45) is -2.90. The fourth-order valence-electron chi connectivity index (χ4n) is 1.04. The second-order valence-electron chi connectivity index (χ2n) is 2.61. The maximum absolute atomic E-state index is 12.2. The molecule has 0 saturated carbocycles. The van der Waals surface area contributed by atoms with E-state index in [1.165, 1.54) is 0 Å². The number of aromatic amines is 1. The van der Waals surface area contributed by atoms with E-state index in [1.54, 1.807) is 0 Å². The van der Waals surface area contributed by atoms with Crippen LogP contribution in [0.3, 0.4) is 0 Å². The molecule has 0 bridgehead atoms. The molecular weight excluding hydrogens is 234 g/mol. The van der Waals surface area contributed by atoms with Crippen molar-refractivity contribution in [3.63, 3.8) is 0 Å². The first-order valence-corrected chi connectivity index (χ1v) is 4.25. The Hall–Kier alpha value is -1.50. The molecule has 1 aromatic rings. The third kappa shape index (κ3) is 2.30. The van der Waals surface area contributed by atoms with E-state index in [0.29, 0.717) is 6.07 Å². The summed E-state index contributed by atoms with van der Waals surface area (Å²) in [6.45, 7) is 0. The van der Waals surface area contributed by atoms with Crippen LogP contribution >= 0.6 is 11.6 Å². The van der Waals surface area contributed by atoms with E-state index in [1.807, 2.05) is 0 Å². The Bertz CT molecular complexity index is 446. The topological polar surface area (TPSA) is 76.0 Å². The molecule has 0 aliphatic rings. The molecule has 0 saturated heterocycles. The van der Waals surface area contributed by atoms with Gasteiger partial charge in [-0.3, -0.25) is 14.9 Å². The summed E-state index contributed by atoms with van der Waals surface area (Å²) in [4.78, 5) is 22.6. The Morgan fingerprint density at radius 3 is 2.60 bits per heavy atom. The number of H-pyrrole nitrogens is 1. The van der Waals surface area contributed by atoms with Crippen molar-refractivity contribution in [3.8, 4) is 0 Å². The van der Waals surface area contributed by atoms with Crippen LogP contribution in [0, 0.1) is 10.1 Å². The highest BCUT2D eigenvalue weighted by molar-refractivity contribution is 6.17. The van der Waals surface area contributed by atoms with Crippen LogP contribution in [0.4, 0.5) is 14.5 Å². The molecule has 0 spiro atoms. The van der Waals surface area contributed by atoms with Crippen LogP contribution in [0.15, 0.2) is 10.9 Å². The number of hydrogen-bond acceptors (Lipinski definition) is 3. The minimum Gasteiger partial charge on any atom is -0.351 e. The van der Waals surface area contributed by atoms with Crippen molar-refractivity contribution in [2.75, 3.05) is 0 Å². The van der Waals surface area contributed by atoms with Gasteiger partial charge in [0.1, 0.15) is 5.69 Å². The molecule has 1 N–H and O–H groups in total. The van der Waals surface area contributed by atoms with Crippen LogP contribution < -0.4 is 5.43 Å². The third-order valence-electron chi connectivity index (χ3n) is 1.65. The number of nitro groups is 1. The number of nitrogens with one attached hydrogen (secondary N) is 1. The molecule has 0 amide bonds. The quantitative estimate of drug-likeness (QED) is 0.497. The van der Waals surface area contributed by atoms with Gasteiger partial charge in [0.25, 0.3) is 11.9 Å². The fourth-order valence-corrected chi connectivity index (χ4v) is 1.24. The SMILES string of the molecule is O=c1cc(C(F)F)[nH]c(CCl)c1[N+](=O)[O-]. The standard InChI is InChI=1S/C7H5ClF2N2O3/c8-2-4-6(12(14)15)5(13)1-3(11-4)7(9)10/h1,7H,2H2,(H,11,13). The highest BCUT2D eigenvalue weighted by Gasteiger charge is 2.22. The second-order valence-corrected chi connectivity index (χ2v) is 2.87. The molecule has 0 aliphatic carbocycles. The van der Waals surface area contributed by atoms with Gasteiger partial charge in [0.15, 0.2) is 0 Å². The molecule has 1 heterocycles. The first kappa shape index (κ1) is 11.6. The van der Waals surface area contributed by atoms with Gasteiger partial charge >= 0.3 is 5.69 Å². The molecule has 8 heteroatoms. The highest BCUT2D eigenvalue weighted by atomic mass is 35.5. The molecular formula is C7H5ClF2N2O3. The lowest BCUT2D eigenvalue weighted by atomic mass is 10.2. The Morgan fingerprint density at radius 1 is 1.60 bits per heavy atom. The van der Waals surface area contributed by atoms with Gasteiger partial charge in [-0.1, -0.05) is 0 Å². The van der Waals surface area contributed by atoms with E-state index in [4.69, 9.17) is 11.6 Å². The Labute approximate surface area is 86.8 Å². The average molecular weight is 239 g/mol. The summed E-state index contributed by atoms with van der Waals surface area (Å²) < 4.78 is 24.4. The predicted octanol–water partition coefficient (Wildman–Crippen LogP) is 1.96. The summed E-state index contributed by atoms with van der Waals surface area (Å²) in [6, 6.07) is 0.499. The zero-order valence-corrected chi connectivity index (χ0v) is 7.92. The summed E-state index contributed by atoms with van der Waals surface area (Å²) in [5, 5.41) is 10.4. The largest absolute Gasteiger partial charge is 0.351 e. The zero-order chi connectivity index (χ0) is 11.6. The molecule has 0 radical (unpaired) electrons. The minimum absolute atomic E-state index is 0.315. The van der Waals surface area contributed by atoms with Gasteiger partial charge in [-0.2, -0.15) is 0 Å². The molecule has 0 aromatic carbocycles. The Morgan fingerprint density at radius 2 is 2.20 bits per heavy atom. The number of hydrogen-bond donors (Lipinski definition) is 1. The van der Waals surface area contributed by atoms with E-state index < -0.39 is 34.0 Å². The maximum atomic E-state index is 12.2. The first-order chi connectivity index (χ1) is 6.97. The van der Waals surface area contributed by atoms with Gasteiger partial charge in [0.05, 0.1) is 16.5 Å².